The van der Waals surface area contributed by atoms with Crippen molar-refractivity contribution >= 4 is 45.6 Å². The molecule has 1 aromatic carbocycles. The fraction of sp³-hybridized carbons (Fsp3) is 0.375. The first-order chi connectivity index (χ1) is 11.4. The zero-order valence-electron chi connectivity index (χ0n) is 13.4. The van der Waals surface area contributed by atoms with Crippen molar-refractivity contribution in [2.45, 2.75) is 31.6 Å². The third-order valence-electron chi connectivity index (χ3n) is 3.49. The first kappa shape index (κ1) is 18.5. The quantitative estimate of drug-likeness (QED) is 0.833. The smallest absolute Gasteiger partial charge is 0.342 e. The molecule has 0 saturated heterocycles. The predicted molar refractivity (Wildman–Crippen MR) is 95.8 cm³/mol. The lowest BCUT2D eigenvalue weighted by molar-refractivity contribution is -0.152. The summed E-state index contributed by atoms with van der Waals surface area (Å²) in [6, 6.07) is 9.18. The van der Waals surface area contributed by atoms with E-state index in [1.54, 1.807) is 6.92 Å². The van der Waals surface area contributed by atoms with Gasteiger partial charge in [-0.1, -0.05) is 60.8 Å². The number of aliphatic carboxylic acids is 1. The number of hydrazone groups is 1. The number of carbonyl (C=O) groups excluding carboxylic acids is 2. The maximum atomic E-state index is 12.5. The van der Waals surface area contributed by atoms with Gasteiger partial charge in [-0.15, -0.1) is 0 Å². The Hall–Kier alpha value is -1.80. The molecule has 1 amide bonds. The fourth-order valence-electron chi connectivity index (χ4n) is 2.25. The van der Waals surface area contributed by atoms with Crippen molar-refractivity contribution in [2.75, 3.05) is 5.75 Å². The molecule has 0 spiro atoms. The van der Waals surface area contributed by atoms with Gasteiger partial charge in [0.1, 0.15) is 5.04 Å². The van der Waals surface area contributed by atoms with Gasteiger partial charge in [-0.05, 0) is 6.42 Å². The molecular weight excluding hydrogens is 348 g/mol. The number of carboxylic acid groups (broad SMARTS) is 1. The van der Waals surface area contributed by atoms with Crippen LogP contribution in [0.2, 0.25) is 0 Å². The van der Waals surface area contributed by atoms with Crippen LogP contribution < -0.4 is 0 Å². The predicted octanol–water partition coefficient (Wildman–Crippen LogP) is 2.78. The number of nitrogens with zero attached hydrogens (tertiary/aromatic N) is 2. The highest BCUT2D eigenvalue weighted by atomic mass is 32.2. The van der Waals surface area contributed by atoms with Gasteiger partial charge in [0, 0.05) is 24.7 Å². The standard InChI is InChI=1S/C16H18N2O4S2/c1-3-16(15(21)22)18(13(20)9-10-23-11(2)19)17-14(24-16)12-7-5-4-6-8-12/h4-8H,3,9-10H2,1-2H3,(H,21,22). The maximum absolute atomic E-state index is 12.5. The van der Waals surface area contributed by atoms with Gasteiger partial charge in [-0.25, -0.2) is 9.80 Å². The Kier molecular flexibility index (Phi) is 6.06. The van der Waals surface area contributed by atoms with Crippen molar-refractivity contribution in [2.24, 2.45) is 5.10 Å². The molecule has 1 unspecified atom stereocenters. The summed E-state index contributed by atoms with van der Waals surface area (Å²) >= 11 is 2.12. The molecule has 1 aliphatic heterocycles. The van der Waals surface area contributed by atoms with E-state index in [0.29, 0.717) is 10.8 Å². The number of carboxylic acids is 1. The normalized spacial score (nSPS) is 19.9. The molecule has 1 atom stereocenters. The van der Waals surface area contributed by atoms with Crippen molar-refractivity contribution in [1.29, 1.82) is 0 Å². The summed E-state index contributed by atoms with van der Waals surface area (Å²) in [6.07, 6.45) is 0.282. The van der Waals surface area contributed by atoms with Gasteiger partial charge in [0.05, 0.1) is 0 Å². The van der Waals surface area contributed by atoms with Crippen molar-refractivity contribution in [3.8, 4) is 0 Å². The van der Waals surface area contributed by atoms with Gasteiger partial charge < -0.3 is 5.11 Å². The van der Waals surface area contributed by atoms with Crippen LogP contribution in [-0.2, 0) is 14.4 Å². The molecule has 0 aromatic heterocycles. The number of amides is 1. The lowest BCUT2D eigenvalue weighted by atomic mass is 10.2. The molecule has 128 valence electrons. The molecule has 0 radical (unpaired) electrons. The van der Waals surface area contributed by atoms with E-state index in [4.69, 9.17) is 0 Å². The van der Waals surface area contributed by atoms with Gasteiger partial charge in [0.25, 0.3) is 0 Å². The van der Waals surface area contributed by atoms with E-state index in [1.165, 1.54) is 6.92 Å². The van der Waals surface area contributed by atoms with Gasteiger partial charge in [0.2, 0.25) is 10.8 Å². The van der Waals surface area contributed by atoms with Gasteiger partial charge in [0.15, 0.2) is 5.12 Å². The van der Waals surface area contributed by atoms with E-state index in [9.17, 15) is 19.5 Å². The molecule has 8 heteroatoms. The van der Waals surface area contributed by atoms with Gasteiger partial charge in [-0.2, -0.15) is 5.10 Å². The summed E-state index contributed by atoms with van der Waals surface area (Å²) in [5, 5.41) is 15.5. The molecule has 24 heavy (non-hydrogen) atoms. The molecule has 1 N–H and O–H groups in total. The third-order valence-corrected chi connectivity index (χ3v) is 5.79. The van der Waals surface area contributed by atoms with Crippen LogP contribution in [0.3, 0.4) is 0 Å². The van der Waals surface area contributed by atoms with E-state index in [0.717, 1.165) is 34.1 Å². The Morgan fingerprint density at radius 2 is 1.96 bits per heavy atom. The largest absolute Gasteiger partial charge is 0.479 e. The summed E-state index contributed by atoms with van der Waals surface area (Å²) in [5.41, 5.74) is 0.773. The Bertz CT molecular complexity index is 678. The fourth-order valence-corrected chi connectivity index (χ4v) is 3.97. The first-order valence-corrected chi connectivity index (χ1v) is 9.23. The number of benzene rings is 1. The second-order valence-corrected chi connectivity index (χ2v) is 7.65. The van der Waals surface area contributed by atoms with E-state index in [-0.39, 0.29) is 18.0 Å². The second kappa shape index (κ2) is 7.85. The van der Waals surface area contributed by atoms with Crippen LogP contribution >= 0.6 is 23.5 Å². The van der Waals surface area contributed by atoms with Crippen molar-refractivity contribution in [3.05, 3.63) is 35.9 Å². The number of carbonyl (C=O) groups is 3. The minimum atomic E-state index is -1.44. The van der Waals surface area contributed by atoms with Crippen LogP contribution in [0.25, 0.3) is 0 Å². The minimum Gasteiger partial charge on any atom is -0.479 e. The lowest BCUT2D eigenvalue weighted by Crippen LogP contribution is -2.49. The van der Waals surface area contributed by atoms with Crippen LogP contribution in [0.4, 0.5) is 0 Å². The zero-order valence-corrected chi connectivity index (χ0v) is 15.0. The van der Waals surface area contributed by atoms with Crippen molar-refractivity contribution in [1.82, 2.24) is 5.01 Å². The highest BCUT2D eigenvalue weighted by Gasteiger charge is 2.52. The summed E-state index contributed by atoms with van der Waals surface area (Å²) in [4.78, 5) is 33.9. The van der Waals surface area contributed by atoms with Crippen LogP contribution in [-0.4, -0.2) is 42.8 Å². The number of rotatable bonds is 6. The van der Waals surface area contributed by atoms with E-state index in [1.807, 2.05) is 30.3 Å². The SMILES string of the molecule is CCC1(C(=O)O)SC(c2ccccc2)=NN1C(=O)CCSC(C)=O. The average molecular weight is 366 g/mol. The topological polar surface area (TPSA) is 87.0 Å². The highest BCUT2D eigenvalue weighted by Crippen LogP contribution is 2.42. The third kappa shape index (κ3) is 3.81. The monoisotopic (exact) mass is 366 g/mol. The Labute approximate surface area is 148 Å². The van der Waals surface area contributed by atoms with Crippen molar-refractivity contribution < 1.29 is 19.5 Å². The number of hydrogen-bond acceptors (Lipinski definition) is 6. The number of hydrogen-bond donors (Lipinski definition) is 1. The molecule has 0 aliphatic carbocycles. The molecule has 1 aromatic rings. The maximum Gasteiger partial charge on any atom is 0.342 e. The Morgan fingerprint density at radius 3 is 2.50 bits per heavy atom. The van der Waals surface area contributed by atoms with E-state index < -0.39 is 16.7 Å². The van der Waals surface area contributed by atoms with Crippen LogP contribution in [0.5, 0.6) is 0 Å². The minimum absolute atomic E-state index is 0.0609. The molecule has 1 heterocycles. The van der Waals surface area contributed by atoms with E-state index >= 15 is 0 Å². The molecule has 2 rings (SSSR count). The van der Waals surface area contributed by atoms with Gasteiger partial charge in [-0.3, -0.25) is 9.59 Å². The zero-order chi connectivity index (χ0) is 17.7. The molecule has 0 bridgehead atoms. The summed E-state index contributed by atoms with van der Waals surface area (Å²) in [7, 11) is 0. The van der Waals surface area contributed by atoms with Crippen molar-refractivity contribution in [3.63, 3.8) is 0 Å². The van der Waals surface area contributed by atoms with Crippen LogP contribution in [0.1, 0.15) is 32.3 Å². The lowest BCUT2D eigenvalue weighted by Gasteiger charge is -2.29. The first-order valence-electron chi connectivity index (χ1n) is 7.43. The molecule has 0 fully saturated rings. The summed E-state index contributed by atoms with van der Waals surface area (Å²) in [6.45, 7) is 3.15. The summed E-state index contributed by atoms with van der Waals surface area (Å²) < 4.78 is 0. The van der Waals surface area contributed by atoms with Crippen LogP contribution in [0.15, 0.2) is 35.4 Å². The average Bonchev–Trinajstić information content (AvgIpc) is 2.96. The number of thioether (sulfide) groups is 2. The highest BCUT2D eigenvalue weighted by molar-refractivity contribution is 8.16. The molecule has 6 nitrogen and oxygen atoms in total. The molecule has 1 aliphatic rings. The molecular formula is C16H18N2O4S2. The van der Waals surface area contributed by atoms with Crippen LogP contribution in [0, 0.1) is 0 Å². The Balaban J connectivity index is 2.28. The molecule has 0 saturated carbocycles. The second-order valence-electron chi connectivity index (χ2n) is 5.11. The summed E-state index contributed by atoms with van der Waals surface area (Å²) in [5.74, 6) is -1.19. The Morgan fingerprint density at radius 1 is 1.29 bits per heavy atom. The van der Waals surface area contributed by atoms with E-state index in [2.05, 4.69) is 5.10 Å². The van der Waals surface area contributed by atoms with Gasteiger partial charge >= 0.3 is 5.97 Å².